The van der Waals surface area contributed by atoms with E-state index in [-0.39, 0.29) is 5.75 Å². The Morgan fingerprint density at radius 2 is 2.25 bits per heavy atom. The fourth-order valence-corrected chi connectivity index (χ4v) is 2.10. The summed E-state index contributed by atoms with van der Waals surface area (Å²) in [6.07, 6.45) is 5.52. The van der Waals surface area contributed by atoms with E-state index in [0.717, 1.165) is 18.9 Å². The van der Waals surface area contributed by atoms with Gasteiger partial charge in [-0.2, -0.15) is 0 Å². The largest absolute Gasteiger partial charge is 0.334 e. The summed E-state index contributed by atoms with van der Waals surface area (Å²) in [6, 6.07) is 0. The normalized spacial score (nSPS) is 11.9. The zero-order valence-corrected chi connectivity index (χ0v) is 10.6. The van der Waals surface area contributed by atoms with Gasteiger partial charge in [0.2, 0.25) is 0 Å². The molecule has 0 aliphatic rings. The highest BCUT2D eigenvalue weighted by atomic mass is 32.2. The number of hydrogen-bond acceptors (Lipinski definition) is 4. The van der Waals surface area contributed by atoms with Crippen LogP contribution >= 0.6 is 0 Å². The SMILES string of the molecule is CCNCc1nccn1CCCS(C)(=O)=O. The number of rotatable bonds is 7. The van der Waals surface area contributed by atoms with Crippen LogP contribution in [0.1, 0.15) is 19.2 Å². The van der Waals surface area contributed by atoms with Crippen molar-refractivity contribution in [1.29, 1.82) is 0 Å². The molecule has 0 atom stereocenters. The molecule has 5 nitrogen and oxygen atoms in total. The lowest BCUT2D eigenvalue weighted by Gasteiger charge is -2.07. The molecule has 0 unspecified atom stereocenters. The molecule has 0 radical (unpaired) electrons. The summed E-state index contributed by atoms with van der Waals surface area (Å²) in [5.74, 6) is 1.18. The Morgan fingerprint density at radius 1 is 1.50 bits per heavy atom. The third-order valence-corrected chi connectivity index (χ3v) is 3.28. The Morgan fingerprint density at radius 3 is 2.88 bits per heavy atom. The van der Waals surface area contributed by atoms with Crippen molar-refractivity contribution in [2.45, 2.75) is 26.4 Å². The third-order valence-electron chi connectivity index (χ3n) is 2.25. The first-order valence-electron chi connectivity index (χ1n) is 5.41. The molecule has 0 saturated heterocycles. The van der Waals surface area contributed by atoms with E-state index < -0.39 is 9.84 Å². The molecule has 0 aromatic carbocycles. The van der Waals surface area contributed by atoms with E-state index in [0.29, 0.717) is 13.0 Å². The van der Waals surface area contributed by atoms with Crippen molar-refractivity contribution in [3.8, 4) is 0 Å². The molecule has 6 heteroatoms. The Hall–Kier alpha value is -0.880. The fraction of sp³-hybridized carbons (Fsp3) is 0.700. The van der Waals surface area contributed by atoms with Crippen molar-refractivity contribution in [3.63, 3.8) is 0 Å². The summed E-state index contributed by atoms with van der Waals surface area (Å²) in [7, 11) is -2.86. The highest BCUT2D eigenvalue weighted by Gasteiger charge is 2.04. The molecule has 0 aliphatic carbocycles. The van der Waals surface area contributed by atoms with Crippen molar-refractivity contribution in [3.05, 3.63) is 18.2 Å². The van der Waals surface area contributed by atoms with E-state index in [1.165, 1.54) is 6.26 Å². The maximum atomic E-state index is 11.0. The van der Waals surface area contributed by atoms with Gasteiger partial charge in [0.05, 0.1) is 12.3 Å². The van der Waals surface area contributed by atoms with Gasteiger partial charge in [-0.05, 0) is 13.0 Å². The van der Waals surface area contributed by atoms with Crippen LogP contribution in [0.3, 0.4) is 0 Å². The van der Waals surface area contributed by atoms with Gasteiger partial charge in [-0.3, -0.25) is 0 Å². The van der Waals surface area contributed by atoms with Crippen molar-refractivity contribution in [2.75, 3.05) is 18.6 Å². The zero-order chi connectivity index (χ0) is 12.0. The molecular formula is C10H19N3O2S. The van der Waals surface area contributed by atoms with Gasteiger partial charge in [0.25, 0.3) is 0 Å². The Labute approximate surface area is 96.8 Å². The lowest BCUT2D eigenvalue weighted by Crippen LogP contribution is -2.17. The van der Waals surface area contributed by atoms with Gasteiger partial charge in [-0.25, -0.2) is 13.4 Å². The van der Waals surface area contributed by atoms with E-state index >= 15 is 0 Å². The number of aromatic nitrogens is 2. The molecule has 0 bridgehead atoms. The second-order valence-electron chi connectivity index (χ2n) is 3.80. The van der Waals surface area contributed by atoms with Gasteiger partial charge in [-0.15, -0.1) is 0 Å². The summed E-state index contributed by atoms with van der Waals surface area (Å²) in [6.45, 7) is 4.36. The number of imidazole rings is 1. The first-order chi connectivity index (χ1) is 7.53. The third kappa shape index (κ3) is 4.76. The lowest BCUT2D eigenvalue weighted by molar-refractivity contribution is 0.578. The molecule has 1 rings (SSSR count). The first-order valence-corrected chi connectivity index (χ1v) is 7.47. The van der Waals surface area contributed by atoms with E-state index in [2.05, 4.69) is 10.3 Å². The minimum Gasteiger partial charge on any atom is -0.334 e. The quantitative estimate of drug-likeness (QED) is 0.756. The standard InChI is InChI=1S/C10H19N3O2S/c1-3-11-9-10-12-5-7-13(10)6-4-8-16(2,14)15/h5,7,11H,3-4,6,8-9H2,1-2H3. The number of sulfone groups is 1. The van der Waals surface area contributed by atoms with E-state index in [9.17, 15) is 8.42 Å². The smallest absolute Gasteiger partial charge is 0.147 e. The topological polar surface area (TPSA) is 64.0 Å². The number of hydrogen-bond donors (Lipinski definition) is 1. The molecule has 0 amide bonds. The highest BCUT2D eigenvalue weighted by molar-refractivity contribution is 7.90. The molecular weight excluding hydrogens is 226 g/mol. The van der Waals surface area contributed by atoms with E-state index in [4.69, 9.17) is 0 Å². The zero-order valence-electron chi connectivity index (χ0n) is 9.81. The van der Waals surface area contributed by atoms with Gasteiger partial charge in [0.15, 0.2) is 0 Å². The van der Waals surface area contributed by atoms with E-state index in [1.54, 1.807) is 6.20 Å². The Kier molecular flexibility index (Phi) is 4.95. The molecule has 0 spiro atoms. The molecule has 0 aliphatic heterocycles. The first kappa shape index (κ1) is 13.2. The average molecular weight is 245 g/mol. The van der Waals surface area contributed by atoms with Crippen molar-refractivity contribution < 1.29 is 8.42 Å². The number of nitrogens with zero attached hydrogens (tertiary/aromatic N) is 2. The molecule has 0 fully saturated rings. The maximum Gasteiger partial charge on any atom is 0.147 e. The molecule has 0 saturated carbocycles. The summed E-state index contributed by atoms with van der Waals surface area (Å²) >= 11 is 0. The predicted molar refractivity (Wildman–Crippen MR) is 63.9 cm³/mol. The molecule has 92 valence electrons. The molecule has 1 heterocycles. The summed E-state index contributed by atoms with van der Waals surface area (Å²) < 4.78 is 24.0. The second-order valence-corrected chi connectivity index (χ2v) is 6.06. The van der Waals surface area contributed by atoms with Crippen LogP contribution in [-0.4, -0.2) is 36.5 Å². The van der Waals surface area contributed by atoms with Crippen LogP contribution in [0.5, 0.6) is 0 Å². The van der Waals surface area contributed by atoms with Crippen LogP contribution in [-0.2, 0) is 22.9 Å². The van der Waals surface area contributed by atoms with Crippen LogP contribution in [0.2, 0.25) is 0 Å². The van der Waals surface area contributed by atoms with Crippen LogP contribution in [0, 0.1) is 0 Å². The van der Waals surface area contributed by atoms with Crippen LogP contribution in [0.25, 0.3) is 0 Å². The van der Waals surface area contributed by atoms with Gasteiger partial charge in [0.1, 0.15) is 15.7 Å². The van der Waals surface area contributed by atoms with Crippen LogP contribution in [0.15, 0.2) is 12.4 Å². The fourth-order valence-electron chi connectivity index (χ4n) is 1.44. The summed E-state index contributed by atoms with van der Waals surface area (Å²) in [5, 5.41) is 3.20. The van der Waals surface area contributed by atoms with Gasteiger partial charge < -0.3 is 9.88 Å². The highest BCUT2D eigenvalue weighted by Crippen LogP contribution is 2.00. The van der Waals surface area contributed by atoms with E-state index in [1.807, 2.05) is 17.7 Å². The monoisotopic (exact) mass is 245 g/mol. The molecule has 1 aromatic heterocycles. The lowest BCUT2D eigenvalue weighted by atomic mass is 10.4. The van der Waals surface area contributed by atoms with Crippen molar-refractivity contribution >= 4 is 9.84 Å². The summed E-state index contributed by atoms with van der Waals surface area (Å²) in [4.78, 5) is 4.22. The van der Waals surface area contributed by atoms with Crippen molar-refractivity contribution in [2.24, 2.45) is 0 Å². The summed E-state index contributed by atoms with van der Waals surface area (Å²) in [5.41, 5.74) is 0. The molecule has 1 N–H and O–H groups in total. The molecule has 16 heavy (non-hydrogen) atoms. The maximum absolute atomic E-state index is 11.0. The number of aryl methyl sites for hydroxylation is 1. The Bertz CT molecular complexity index is 411. The van der Waals surface area contributed by atoms with Crippen molar-refractivity contribution in [1.82, 2.24) is 14.9 Å². The van der Waals surface area contributed by atoms with Gasteiger partial charge >= 0.3 is 0 Å². The van der Waals surface area contributed by atoms with Crippen LogP contribution in [0.4, 0.5) is 0 Å². The predicted octanol–water partition coefficient (Wildman–Crippen LogP) is 0.427. The van der Waals surface area contributed by atoms with Gasteiger partial charge in [0, 0.05) is 25.2 Å². The molecule has 1 aromatic rings. The minimum absolute atomic E-state index is 0.228. The minimum atomic E-state index is -2.86. The van der Waals surface area contributed by atoms with Crippen LogP contribution < -0.4 is 5.32 Å². The average Bonchev–Trinajstić information content (AvgIpc) is 2.60. The second kappa shape index (κ2) is 6.00. The van der Waals surface area contributed by atoms with Gasteiger partial charge in [-0.1, -0.05) is 6.92 Å². The number of nitrogens with one attached hydrogen (secondary N) is 1. The Balaban J connectivity index is 2.44.